The molecule has 1 fully saturated rings. The van der Waals surface area contributed by atoms with E-state index in [2.05, 4.69) is 6.92 Å². The van der Waals surface area contributed by atoms with Crippen LogP contribution in [-0.4, -0.2) is 18.0 Å². The third kappa shape index (κ3) is 2.62. The van der Waals surface area contributed by atoms with Gasteiger partial charge in [-0.15, -0.1) is 0 Å². The molecule has 2 unspecified atom stereocenters. The van der Waals surface area contributed by atoms with Crippen molar-refractivity contribution in [3.05, 3.63) is 66.2 Å². The molecule has 4 heteroatoms. The number of carbonyl (C=O) groups excluding carboxylic acids is 2. The summed E-state index contributed by atoms with van der Waals surface area (Å²) in [7, 11) is 0. The van der Waals surface area contributed by atoms with Gasteiger partial charge in [0.05, 0.1) is 5.69 Å². The lowest BCUT2D eigenvalue weighted by Gasteiger charge is -2.46. The first-order valence-corrected chi connectivity index (χ1v) is 9.21. The van der Waals surface area contributed by atoms with Crippen LogP contribution >= 0.6 is 0 Å². The lowest BCUT2D eigenvalue weighted by molar-refractivity contribution is -0.135. The Hall–Kier alpha value is -2.88. The van der Waals surface area contributed by atoms with Crippen LogP contribution in [0.4, 0.5) is 11.4 Å². The van der Waals surface area contributed by atoms with Crippen molar-refractivity contribution in [1.29, 1.82) is 0 Å². The van der Waals surface area contributed by atoms with Crippen LogP contribution in [-0.2, 0) is 9.59 Å². The van der Waals surface area contributed by atoms with Gasteiger partial charge in [-0.1, -0.05) is 62.2 Å². The van der Waals surface area contributed by atoms with Gasteiger partial charge in [0.25, 0.3) is 0 Å². The fraction of sp³-hybridized carbons (Fsp3) is 0.273. The van der Waals surface area contributed by atoms with Gasteiger partial charge in [0, 0.05) is 5.69 Å². The number of hydrogen-bond donors (Lipinski definition) is 0. The van der Waals surface area contributed by atoms with Crippen molar-refractivity contribution in [1.82, 2.24) is 0 Å². The van der Waals surface area contributed by atoms with E-state index >= 15 is 0 Å². The average molecular weight is 346 g/mol. The van der Waals surface area contributed by atoms with Crippen LogP contribution in [0.15, 0.2) is 60.7 Å². The highest BCUT2D eigenvalue weighted by atomic mass is 16.2. The highest BCUT2D eigenvalue weighted by Gasteiger charge is 2.47. The Labute approximate surface area is 153 Å². The second-order valence-corrected chi connectivity index (χ2v) is 6.78. The molecule has 26 heavy (non-hydrogen) atoms. The summed E-state index contributed by atoms with van der Waals surface area (Å²) < 4.78 is 0. The van der Waals surface area contributed by atoms with Gasteiger partial charge in [-0.3, -0.25) is 19.4 Å². The smallest absolute Gasteiger partial charge is 0.241 e. The van der Waals surface area contributed by atoms with Gasteiger partial charge in [-0.2, -0.15) is 0 Å². The number of fused-ring (bicyclic) bond motifs is 3. The highest BCUT2D eigenvalue weighted by molar-refractivity contribution is 6.18. The summed E-state index contributed by atoms with van der Waals surface area (Å²) >= 11 is 0. The fourth-order valence-electron chi connectivity index (χ4n) is 3.81. The van der Waals surface area contributed by atoms with E-state index in [9.17, 15) is 9.59 Å². The van der Waals surface area contributed by atoms with Crippen LogP contribution in [0.2, 0.25) is 0 Å². The standard InChI is InChI=1S/C22H22N2O2/c1-2-3-12-18-21(25)23(17-10-5-4-6-11-17)20-15-14-16-9-7-8-13-19(16)24(20)22(18)26/h4-11,13-15,18,20H,2-3,12H2,1H3. The number of benzene rings is 2. The highest BCUT2D eigenvalue weighted by Crippen LogP contribution is 2.38. The molecule has 0 bridgehead atoms. The summed E-state index contributed by atoms with van der Waals surface area (Å²) in [5, 5.41) is 0. The Morgan fingerprint density at radius 1 is 0.885 bits per heavy atom. The first-order chi connectivity index (χ1) is 12.7. The van der Waals surface area contributed by atoms with Crippen molar-refractivity contribution >= 4 is 29.3 Å². The van der Waals surface area contributed by atoms with Crippen LogP contribution in [0.1, 0.15) is 31.7 Å². The zero-order valence-electron chi connectivity index (χ0n) is 14.8. The van der Waals surface area contributed by atoms with Gasteiger partial charge in [-0.05, 0) is 36.3 Å². The fourth-order valence-corrected chi connectivity index (χ4v) is 3.81. The maximum atomic E-state index is 13.3. The molecule has 0 aliphatic carbocycles. The summed E-state index contributed by atoms with van der Waals surface area (Å²) in [6, 6.07) is 17.5. The van der Waals surface area contributed by atoms with Crippen molar-refractivity contribution in [3.63, 3.8) is 0 Å². The van der Waals surface area contributed by atoms with Crippen molar-refractivity contribution in [2.24, 2.45) is 5.92 Å². The predicted molar refractivity (Wildman–Crippen MR) is 104 cm³/mol. The van der Waals surface area contributed by atoms with Gasteiger partial charge in [0.2, 0.25) is 11.8 Å². The second-order valence-electron chi connectivity index (χ2n) is 6.78. The Balaban J connectivity index is 1.82. The third-order valence-electron chi connectivity index (χ3n) is 5.13. The van der Waals surface area contributed by atoms with Crippen LogP contribution in [0.3, 0.4) is 0 Å². The number of anilines is 2. The minimum absolute atomic E-state index is 0.0857. The van der Waals surface area contributed by atoms with E-state index in [1.165, 1.54) is 0 Å². The predicted octanol–water partition coefficient (Wildman–Crippen LogP) is 4.23. The SMILES string of the molecule is CCCCC1C(=O)N(c2ccccc2)C2C=Cc3ccccc3N2C1=O. The normalized spacial score (nSPS) is 21.6. The number of carbonyl (C=O) groups is 2. The van der Waals surface area contributed by atoms with E-state index in [0.717, 1.165) is 29.8 Å². The summed E-state index contributed by atoms with van der Waals surface area (Å²) in [6.07, 6.45) is 5.95. The summed E-state index contributed by atoms with van der Waals surface area (Å²) in [5.74, 6) is -0.802. The maximum absolute atomic E-state index is 13.3. The Bertz CT molecular complexity index is 859. The molecule has 2 heterocycles. The van der Waals surface area contributed by atoms with E-state index in [1.807, 2.05) is 66.7 Å². The molecule has 0 aromatic heterocycles. The van der Waals surface area contributed by atoms with Crippen molar-refractivity contribution in [3.8, 4) is 0 Å². The largest absolute Gasteiger partial charge is 0.287 e. The molecule has 0 saturated carbocycles. The lowest BCUT2D eigenvalue weighted by atomic mass is 9.92. The van der Waals surface area contributed by atoms with Gasteiger partial charge in [-0.25, -0.2) is 0 Å². The topological polar surface area (TPSA) is 40.6 Å². The van der Waals surface area contributed by atoms with Crippen molar-refractivity contribution in [2.45, 2.75) is 32.4 Å². The van der Waals surface area contributed by atoms with Gasteiger partial charge < -0.3 is 0 Å². The van der Waals surface area contributed by atoms with Crippen molar-refractivity contribution in [2.75, 3.05) is 9.80 Å². The Morgan fingerprint density at radius 2 is 1.58 bits per heavy atom. The van der Waals surface area contributed by atoms with Crippen LogP contribution < -0.4 is 9.80 Å². The molecule has 4 rings (SSSR count). The van der Waals surface area contributed by atoms with E-state index in [4.69, 9.17) is 0 Å². The zero-order chi connectivity index (χ0) is 18.1. The molecule has 0 spiro atoms. The first-order valence-electron chi connectivity index (χ1n) is 9.21. The molecular weight excluding hydrogens is 324 g/mol. The summed E-state index contributed by atoms with van der Waals surface area (Å²) in [4.78, 5) is 30.1. The molecule has 2 aromatic carbocycles. The van der Waals surface area contributed by atoms with Crippen LogP contribution in [0.25, 0.3) is 6.08 Å². The molecule has 2 amide bonds. The van der Waals surface area contributed by atoms with Crippen LogP contribution in [0, 0.1) is 5.92 Å². The lowest BCUT2D eigenvalue weighted by Crippen LogP contribution is -2.63. The molecule has 2 aliphatic heterocycles. The number of nitrogens with zero attached hydrogens (tertiary/aromatic N) is 2. The quantitative estimate of drug-likeness (QED) is 0.778. The minimum atomic E-state index is -0.619. The molecule has 2 aliphatic rings. The summed E-state index contributed by atoms with van der Waals surface area (Å²) in [5.41, 5.74) is 2.71. The van der Waals surface area contributed by atoms with Gasteiger partial charge in [0.1, 0.15) is 12.1 Å². The molecule has 132 valence electrons. The van der Waals surface area contributed by atoms with E-state index < -0.39 is 12.1 Å². The first kappa shape index (κ1) is 16.6. The third-order valence-corrected chi connectivity index (χ3v) is 5.13. The van der Waals surface area contributed by atoms with E-state index in [1.54, 1.807) is 9.80 Å². The van der Waals surface area contributed by atoms with Gasteiger partial charge in [0.15, 0.2) is 0 Å². The minimum Gasteiger partial charge on any atom is -0.287 e. The Morgan fingerprint density at radius 3 is 2.35 bits per heavy atom. The molecule has 0 N–H and O–H groups in total. The van der Waals surface area contributed by atoms with E-state index in [-0.39, 0.29) is 11.8 Å². The molecule has 2 aromatic rings. The second kappa shape index (κ2) is 6.79. The molecular formula is C22H22N2O2. The Kier molecular flexibility index (Phi) is 4.33. The number of para-hydroxylation sites is 2. The molecule has 2 atom stereocenters. The molecule has 4 nitrogen and oxygen atoms in total. The van der Waals surface area contributed by atoms with E-state index in [0.29, 0.717) is 6.42 Å². The summed E-state index contributed by atoms with van der Waals surface area (Å²) in [6.45, 7) is 2.08. The molecule has 1 saturated heterocycles. The van der Waals surface area contributed by atoms with Crippen molar-refractivity contribution < 1.29 is 9.59 Å². The number of hydrogen-bond acceptors (Lipinski definition) is 2. The number of rotatable bonds is 4. The average Bonchev–Trinajstić information content (AvgIpc) is 2.68. The van der Waals surface area contributed by atoms with Gasteiger partial charge >= 0.3 is 0 Å². The monoisotopic (exact) mass is 346 g/mol. The number of unbranched alkanes of at least 4 members (excludes halogenated alkanes) is 1. The zero-order valence-corrected chi connectivity index (χ0v) is 14.8. The maximum Gasteiger partial charge on any atom is 0.241 e. The van der Waals surface area contributed by atoms with Crippen LogP contribution in [0.5, 0.6) is 0 Å². The number of amides is 2. The molecule has 0 radical (unpaired) electrons.